The van der Waals surface area contributed by atoms with Gasteiger partial charge in [0.15, 0.2) is 18.1 Å². The minimum absolute atomic E-state index is 0.0918. The van der Waals surface area contributed by atoms with Crippen LogP contribution in [-0.4, -0.2) is 18.8 Å². The zero-order chi connectivity index (χ0) is 17.3. The Morgan fingerprint density at radius 2 is 1.96 bits per heavy atom. The lowest BCUT2D eigenvalue weighted by Crippen LogP contribution is -2.25. The zero-order valence-corrected chi connectivity index (χ0v) is 13.2. The van der Waals surface area contributed by atoms with Gasteiger partial charge >= 0.3 is 6.29 Å². The summed E-state index contributed by atoms with van der Waals surface area (Å²) in [6.07, 6.45) is -3.69. The third kappa shape index (κ3) is 3.68. The molecule has 0 aliphatic carbocycles. The molecular weight excluding hydrogens is 344 g/mol. The highest BCUT2D eigenvalue weighted by atomic mass is 35.5. The van der Waals surface area contributed by atoms with Gasteiger partial charge in [0.1, 0.15) is 5.75 Å². The Kier molecular flexibility index (Phi) is 4.19. The zero-order valence-electron chi connectivity index (χ0n) is 12.4. The highest BCUT2D eigenvalue weighted by molar-refractivity contribution is 6.31. The van der Waals surface area contributed by atoms with E-state index in [1.54, 1.807) is 18.2 Å². The molecule has 0 bridgehead atoms. The van der Waals surface area contributed by atoms with Crippen LogP contribution in [0.25, 0.3) is 0 Å². The van der Waals surface area contributed by atoms with E-state index in [-0.39, 0.29) is 23.8 Å². The monoisotopic (exact) mass is 355 g/mol. The molecule has 0 spiro atoms. The van der Waals surface area contributed by atoms with E-state index in [0.717, 1.165) is 5.56 Å². The molecule has 1 N–H and O–H groups in total. The van der Waals surface area contributed by atoms with Crippen LogP contribution in [0.15, 0.2) is 36.4 Å². The number of ether oxygens (including phenoxy) is 3. The number of carbonyl (C=O) groups is 1. The number of alkyl halides is 2. The number of benzene rings is 2. The van der Waals surface area contributed by atoms with Crippen molar-refractivity contribution in [3.05, 3.63) is 47.0 Å². The number of amides is 1. The van der Waals surface area contributed by atoms with Gasteiger partial charge < -0.3 is 19.5 Å². The maximum absolute atomic E-state index is 12.9. The Bertz CT molecular complexity index is 798. The molecule has 0 saturated heterocycles. The Labute approximate surface area is 141 Å². The van der Waals surface area contributed by atoms with Gasteiger partial charge in [0.2, 0.25) is 0 Å². The lowest BCUT2D eigenvalue weighted by atomic mass is 10.2. The molecule has 2 aromatic carbocycles. The van der Waals surface area contributed by atoms with Crippen molar-refractivity contribution in [2.75, 3.05) is 11.9 Å². The third-order valence-corrected chi connectivity index (χ3v) is 3.61. The Hall–Kier alpha value is -2.54. The van der Waals surface area contributed by atoms with Gasteiger partial charge in [-0.2, -0.15) is 0 Å². The summed E-state index contributed by atoms with van der Waals surface area (Å²) in [7, 11) is 0. The Balaban J connectivity index is 1.59. The van der Waals surface area contributed by atoms with E-state index in [0.29, 0.717) is 10.8 Å². The van der Waals surface area contributed by atoms with Crippen LogP contribution in [0.2, 0.25) is 5.02 Å². The van der Waals surface area contributed by atoms with E-state index in [2.05, 4.69) is 14.8 Å². The van der Waals surface area contributed by atoms with Crippen molar-refractivity contribution in [3.63, 3.8) is 0 Å². The largest absolute Gasteiger partial charge is 0.586 e. The summed E-state index contributed by atoms with van der Waals surface area (Å²) in [5, 5.41) is 3.13. The molecule has 1 aliphatic rings. The van der Waals surface area contributed by atoms with Crippen molar-refractivity contribution < 1.29 is 27.8 Å². The molecule has 0 unspecified atom stereocenters. The van der Waals surface area contributed by atoms with E-state index in [9.17, 15) is 13.6 Å². The summed E-state index contributed by atoms with van der Waals surface area (Å²) >= 11 is 5.91. The van der Waals surface area contributed by atoms with Crippen LogP contribution in [0.5, 0.6) is 17.2 Å². The molecule has 1 amide bonds. The summed E-state index contributed by atoms with van der Waals surface area (Å²) in [5.74, 6) is -0.191. The summed E-state index contributed by atoms with van der Waals surface area (Å²) in [6.45, 7) is 1.57. The second-order valence-electron chi connectivity index (χ2n) is 5.08. The van der Waals surface area contributed by atoms with Crippen LogP contribution >= 0.6 is 11.6 Å². The SMILES string of the molecule is Cc1cc(OCC(=O)Nc2ccc3c(c2)OC(F)(F)O3)ccc1Cl. The van der Waals surface area contributed by atoms with Crippen LogP contribution in [0.1, 0.15) is 5.56 Å². The summed E-state index contributed by atoms with van der Waals surface area (Å²) in [5.41, 5.74) is 1.11. The smallest absolute Gasteiger partial charge is 0.484 e. The minimum atomic E-state index is -3.69. The number of fused-ring (bicyclic) bond motifs is 1. The highest BCUT2D eigenvalue weighted by Crippen LogP contribution is 2.42. The normalized spacial score (nSPS) is 14.3. The molecule has 0 atom stereocenters. The molecule has 126 valence electrons. The van der Waals surface area contributed by atoms with E-state index < -0.39 is 12.2 Å². The molecule has 0 aromatic heterocycles. The van der Waals surface area contributed by atoms with Gasteiger partial charge in [-0.05, 0) is 42.8 Å². The summed E-state index contributed by atoms with van der Waals surface area (Å²) in [6, 6.07) is 8.98. The molecule has 1 aliphatic heterocycles. The van der Waals surface area contributed by atoms with Gasteiger partial charge in [-0.25, -0.2) is 0 Å². The van der Waals surface area contributed by atoms with Crippen molar-refractivity contribution >= 4 is 23.2 Å². The minimum Gasteiger partial charge on any atom is -0.484 e. The van der Waals surface area contributed by atoms with Crippen LogP contribution in [0.4, 0.5) is 14.5 Å². The number of halogens is 3. The van der Waals surface area contributed by atoms with Gasteiger partial charge in [-0.3, -0.25) is 4.79 Å². The first kappa shape index (κ1) is 16.3. The lowest BCUT2D eigenvalue weighted by molar-refractivity contribution is -0.286. The van der Waals surface area contributed by atoms with Crippen molar-refractivity contribution in [3.8, 4) is 17.2 Å². The van der Waals surface area contributed by atoms with Gasteiger partial charge in [-0.1, -0.05) is 11.6 Å². The van der Waals surface area contributed by atoms with E-state index in [4.69, 9.17) is 16.3 Å². The molecule has 8 heteroatoms. The predicted molar refractivity (Wildman–Crippen MR) is 83.0 cm³/mol. The number of aryl methyl sites for hydroxylation is 1. The number of rotatable bonds is 4. The van der Waals surface area contributed by atoms with Gasteiger partial charge in [-0.15, -0.1) is 8.78 Å². The number of nitrogens with one attached hydrogen (secondary N) is 1. The molecule has 5 nitrogen and oxygen atoms in total. The molecule has 1 heterocycles. The first-order chi connectivity index (χ1) is 11.3. The van der Waals surface area contributed by atoms with Crippen LogP contribution in [0.3, 0.4) is 0 Å². The average Bonchev–Trinajstić information content (AvgIpc) is 2.81. The Morgan fingerprint density at radius 1 is 1.21 bits per heavy atom. The number of hydrogen-bond donors (Lipinski definition) is 1. The first-order valence-corrected chi connectivity index (χ1v) is 7.29. The fourth-order valence-corrected chi connectivity index (χ4v) is 2.20. The second kappa shape index (κ2) is 6.16. The fraction of sp³-hybridized carbons (Fsp3) is 0.188. The average molecular weight is 356 g/mol. The molecule has 0 fully saturated rings. The van der Waals surface area contributed by atoms with Crippen LogP contribution in [-0.2, 0) is 4.79 Å². The molecule has 0 radical (unpaired) electrons. The molecule has 2 aromatic rings. The van der Waals surface area contributed by atoms with Crippen molar-refractivity contribution in [1.82, 2.24) is 0 Å². The predicted octanol–water partition coefficient (Wildman–Crippen LogP) is 3.99. The van der Waals surface area contributed by atoms with E-state index in [1.807, 2.05) is 6.92 Å². The molecule has 3 rings (SSSR count). The Morgan fingerprint density at radius 3 is 2.71 bits per heavy atom. The quantitative estimate of drug-likeness (QED) is 0.901. The standard InChI is InChI=1S/C16H12ClF2NO4/c1-9-6-11(3-4-12(9)17)22-8-15(21)20-10-2-5-13-14(7-10)24-16(18,19)23-13/h2-7H,8H2,1H3,(H,20,21). The van der Waals surface area contributed by atoms with Crippen LogP contribution in [0, 0.1) is 6.92 Å². The topological polar surface area (TPSA) is 56.8 Å². The second-order valence-corrected chi connectivity index (χ2v) is 5.48. The van der Waals surface area contributed by atoms with Gasteiger partial charge in [0.25, 0.3) is 5.91 Å². The van der Waals surface area contributed by atoms with Gasteiger partial charge in [0.05, 0.1) is 0 Å². The maximum atomic E-state index is 12.9. The van der Waals surface area contributed by atoms with E-state index in [1.165, 1.54) is 18.2 Å². The third-order valence-electron chi connectivity index (χ3n) is 3.18. The van der Waals surface area contributed by atoms with Crippen molar-refractivity contribution in [2.24, 2.45) is 0 Å². The first-order valence-electron chi connectivity index (χ1n) is 6.91. The lowest BCUT2D eigenvalue weighted by Gasteiger charge is -2.09. The maximum Gasteiger partial charge on any atom is 0.586 e. The summed E-state index contributed by atoms with van der Waals surface area (Å²) < 4.78 is 39.8. The summed E-state index contributed by atoms with van der Waals surface area (Å²) in [4.78, 5) is 11.9. The molecule has 0 saturated carbocycles. The fourth-order valence-electron chi connectivity index (χ4n) is 2.08. The number of carbonyl (C=O) groups excluding carboxylic acids is 1. The van der Waals surface area contributed by atoms with Crippen molar-refractivity contribution in [1.29, 1.82) is 0 Å². The van der Waals surface area contributed by atoms with E-state index >= 15 is 0 Å². The number of hydrogen-bond acceptors (Lipinski definition) is 4. The van der Waals surface area contributed by atoms with Gasteiger partial charge in [0, 0.05) is 16.8 Å². The van der Waals surface area contributed by atoms with Crippen LogP contribution < -0.4 is 19.5 Å². The molecule has 24 heavy (non-hydrogen) atoms. The highest BCUT2D eigenvalue weighted by Gasteiger charge is 2.43. The number of anilines is 1. The molecular formula is C16H12ClF2NO4. The van der Waals surface area contributed by atoms with Crippen molar-refractivity contribution in [2.45, 2.75) is 13.2 Å².